The molecule has 0 saturated heterocycles. The first-order valence-electron chi connectivity index (χ1n) is 25.0. The Kier molecular flexibility index (Phi) is 10.7. The van der Waals surface area contributed by atoms with Gasteiger partial charge in [-0.05, 0) is 149 Å². The zero-order valence-corrected chi connectivity index (χ0v) is 40.3. The fourth-order valence-electron chi connectivity index (χ4n) is 11.5. The highest BCUT2D eigenvalue weighted by Crippen LogP contribution is 2.53. The minimum Gasteiger partial charge on any atom is -0.311 e. The number of para-hydroxylation sites is 3. The standard InChI is InChI=1S/C68H50BN3/c1-47-42-56(49-24-9-3-10-25-49)67(57(43-47)50-26-11-4-12-27-50)71-62-37-22-21-36-60(62)69-61-46-55(70(53-32-17-7-18-33-53)54-34-19-8-20-35-54)40-41-63(61)72(65-39-23-38-64(71)66(65)69)68-58(51-28-13-5-14-29-51)44-48(2)45-59(68)52-30-15-6-16-31-52/h3-46H,1-2H3. The Bertz CT molecular complexity index is 3590. The van der Waals surface area contributed by atoms with Gasteiger partial charge in [0, 0.05) is 62.1 Å². The second kappa shape index (κ2) is 18.0. The molecule has 0 unspecified atom stereocenters. The number of anilines is 9. The molecule has 0 bridgehead atoms. The van der Waals surface area contributed by atoms with Crippen LogP contribution in [0.3, 0.4) is 0 Å². The summed E-state index contributed by atoms with van der Waals surface area (Å²) in [6.45, 7) is 4.34. The summed E-state index contributed by atoms with van der Waals surface area (Å²) >= 11 is 0. The quantitative estimate of drug-likeness (QED) is 0.134. The minimum absolute atomic E-state index is 0.111. The van der Waals surface area contributed by atoms with Crippen LogP contribution < -0.4 is 31.1 Å². The van der Waals surface area contributed by atoms with E-state index in [4.69, 9.17) is 0 Å². The highest BCUT2D eigenvalue weighted by Gasteiger charge is 2.45. The van der Waals surface area contributed by atoms with Crippen molar-refractivity contribution in [2.75, 3.05) is 14.7 Å². The van der Waals surface area contributed by atoms with Crippen LogP contribution in [0.15, 0.2) is 267 Å². The van der Waals surface area contributed by atoms with E-state index in [-0.39, 0.29) is 6.71 Å². The van der Waals surface area contributed by atoms with Crippen LogP contribution in [0.5, 0.6) is 0 Å². The van der Waals surface area contributed by atoms with Gasteiger partial charge in [0.05, 0.1) is 11.4 Å². The van der Waals surface area contributed by atoms with Gasteiger partial charge in [-0.1, -0.05) is 182 Å². The Morgan fingerprint density at radius 3 is 1.06 bits per heavy atom. The third-order valence-electron chi connectivity index (χ3n) is 14.5. The first kappa shape index (κ1) is 42.9. The molecule has 0 spiro atoms. The number of hydrogen-bond acceptors (Lipinski definition) is 3. The first-order valence-corrected chi connectivity index (χ1v) is 25.0. The van der Waals surface area contributed by atoms with E-state index in [2.05, 4.69) is 295 Å². The van der Waals surface area contributed by atoms with E-state index in [0.29, 0.717) is 0 Å². The summed E-state index contributed by atoms with van der Waals surface area (Å²) in [5, 5.41) is 0. The highest BCUT2D eigenvalue weighted by molar-refractivity contribution is 7.00. The van der Waals surface area contributed by atoms with Crippen LogP contribution in [-0.2, 0) is 0 Å². The molecule has 0 aliphatic carbocycles. The Morgan fingerprint density at radius 1 is 0.292 bits per heavy atom. The summed E-state index contributed by atoms with van der Waals surface area (Å²) < 4.78 is 0. The van der Waals surface area contributed by atoms with Gasteiger partial charge in [-0.2, -0.15) is 0 Å². The maximum atomic E-state index is 2.60. The third kappa shape index (κ3) is 7.31. The van der Waals surface area contributed by atoms with Gasteiger partial charge in [0.1, 0.15) is 0 Å². The predicted octanol–water partition coefficient (Wildman–Crippen LogP) is 16.5. The zero-order chi connectivity index (χ0) is 48.1. The summed E-state index contributed by atoms with van der Waals surface area (Å²) in [5.41, 5.74) is 25.9. The lowest BCUT2D eigenvalue weighted by Crippen LogP contribution is -2.61. The molecule has 0 saturated carbocycles. The van der Waals surface area contributed by atoms with Crippen molar-refractivity contribution in [2.24, 2.45) is 0 Å². The molecule has 13 rings (SSSR count). The SMILES string of the molecule is Cc1cc(-c2ccccc2)c(N2c3ccccc3B3c4cc(N(c5ccccc5)c5ccccc5)ccc4N(c4c(-c5ccccc5)cc(C)cc4-c4ccccc4)c4cccc2c43)c(-c2ccccc2)c1. The van der Waals surface area contributed by atoms with Crippen molar-refractivity contribution in [3.8, 4) is 44.5 Å². The lowest BCUT2D eigenvalue weighted by Gasteiger charge is -2.45. The van der Waals surface area contributed by atoms with E-state index in [9.17, 15) is 0 Å². The maximum absolute atomic E-state index is 2.60. The Labute approximate surface area is 423 Å². The topological polar surface area (TPSA) is 9.72 Å². The van der Waals surface area contributed by atoms with Gasteiger partial charge >= 0.3 is 0 Å². The third-order valence-corrected chi connectivity index (χ3v) is 14.5. The van der Waals surface area contributed by atoms with Gasteiger partial charge in [0.2, 0.25) is 0 Å². The predicted molar refractivity (Wildman–Crippen MR) is 306 cm³/mol. The van der Waals surface area contributed by atoms with E-state index in [1.54, 1.807) is 0 Å². The Balaban J connectivity index is 1.16. The summed E-state index contributed by atoms with van der Waals surface area (Å²) in [7, 11) is 0. The normalized spacial score (nSPS) is 12.2. The fraction of sp³-hybridized carbons (Fsp3) is 0.0294. The lowest BCUT2D eigenvalue weighted by atomic mass is 9.33. The van der Waals surface area contributed by atoms with Crippen molar-refractivity contribution in [2.45, 2.75) is 13.8 Å². The van der Waals surface area contributed by atoms with Crippen molar-refractivity contribution in [3.63, 3.8) is 0 Å². The molecule has 0 aromatic heterocycles. The molecule has 2 aliphatic rings. The molecule has 2 aliphatic heterocycles. The Hall–Kier alpha value is -9.12. The Morgan fingerprint density at radius 2 is 0.639 bits per heavy atom. The number of benzene rings is 11. The van der Waals surface area contributed by atoms with Crippen LogP contribution in [0.2, 0.25) is 0 Å². The van der Waals surface area contributed by atoms with Gasteiger partial charge in [-0.15, -0.1) is 0 Å². The van der Waals surface area contributed by atoms with Gasteiger partial charge in [-0.25, -0.2) is 0 Å². The van der Waals surface area contributed by atoms with Gasteiger partial charge in [0.25, 0.3) is 6.71 Å². The fourth-order valence-corrected chi connectivity index (χ4v) is 11.5. The van der Waals surface area contributed by atoms with Crippen LogP contribution in [0.4, 0.5) is 51.2 Å². The summed E-state index contributed by atoms with van der Waals surface area (Å²) in [5.74, 6) is 0. The molecule has 3 nitrogen and oxygen atoms in total. The smallest absolute Gasteiger partial charge is 0.252 e. The van der Waals surface area contributed by atoms with E-state index >= 15 is 0 Å². The van der Waals surface area contributed by atoms with Crippen molar-refractivity contribution < 1.29 is 0 Å². The van der Waals surface area contributed by atoms with E-state index in [0.717, 1.165) is 45.5 Å². The number of rotatable bonds is 9. The van der Waals surface area contributed by atoms with E-state index in [1.807, 2.05) is 0 Å². The van der Waals surface area contributed by atoms with E-state index in [1.165, 1.54) is 77.7 Å². The average molecular weight is 920 g/mol. The summed E-state index contributed by atoms with van der Waals surface area (Å²) in [6, 6.07) is 98.2. The second-order valence-corrected chi connectivity index (χ2v) is 19.0. The molecule has 0 atom stereocenters. The summed E-state index contributed by atoms with van der Waals surface area (Å²) in [4.78, 5) is 7.59. The maximum Gasteiger partial charge on any atom is 0.252 e. The molecule has 340 valence electrons. The molecule has 0 radical (unpaired) electrons. The van der Waals surface area contributed by atoms with Crippen molar-refractivity contribution in [1.82, 2.24) is 0 Å². The van der Waals surface area contributed by atoms with Crippen molar-refractivity contribution >= 4 is 74.3 Å². The molecule has 4 heteroatoms. The molecule has 11 aromatic carbocycles. The molecule has 0 N–H and O–H groups in total. The van der Waals surface area contributed by atoms with Gasteiger partial charge in [0.15, 0.2) is 0 Å². The lowest BCUT2D eigenvalue weighted by molar-refractivity contribution is 1.24. The monoisotopic (exact) mass is 919 g/mol. The number of nitrogens with zero attached hydrogens (tertiary/aromatic N) is 3. The average Bonchev–Trinajstić information content (AvgIpc) is 3.44. The molecular formula is C68H50BN3. The molecular weight excluding hydrogens is 870 g/mol. The van der Waals surface area contributed by atoms with Crippen molar-refractivity contribution in [3.05, 3.63) is 278 Å². The number of aryl methyl sites for hydroxylation is 2. The molecule has 0 amide bonds. The van der Waals surface area contributed by atoms with Crippen LogP contribution in [0.1, 0.15) is 11.1 Å². The van der Waals surface area contributed by atoms with Crippen LogP contribution in [0, 0.1) is 13.8 Å². The van der Waals surface area contributed by atoms with Gasteiger partial charge < -0.3 is 14.7 Å². The van der Waals surface area contributed by atoms with Crippen LogP contribution in [0.25, 0.3) is 44.5 Å². The molecule has 2 heterocycles. The molecule has 72 heavy (non-hydrogen) atoms. The second-order valence-electron chi connectivity index (χ2n) is 19.0. The summed E-state index contributed by atoms with van der Waals surface area (Å²) in [6.07, 6.45) is 0. The molecule has 0 fully saturated rings. The number of hydrogen-bond donors (Lipinski definition) is 0. The van der Waals surface area contributed by atoms with Crippen LogP contribution >= 0.6 is 0 Å². The molecule has 11 aromatic rings. The van der Waals surface area contributed by atoms with Crippen molar-refractivity contribution in [1.29, 1.82) is 0 Å². The highest BCUT2D eigenvalue weighted by atomic mass is 15.2. The van der Waals surface area contributed by atoms with E-state index < -0.39 is 0 Å². The largest absolute Gasteiger partial charge is 0.311 e. The van der Waals surface area contributed by atoms with Crippen LogP contribution in [-0.4, -0.2) is 6.71 Å². The number of fused-ring (bicyclic) bond motifs is 4. The zero-order valence-electron chi connectivity index (χ0n) is 40.3. The minimum atomic E-state index is -0.111. The van der Waals surface area contributed by atoms with Gasteiger partial charge in [-0.3, -0.25) is 0 Å². The first-order chi connectivity index (χ1) is 35.6.